The Hall–Kier alpha value is -0.660. The topological polar surface area (TPSA) is 61.8 Å². The molecule has 1 aromatic rings. The van der Waals surface area contributed by atoms with Crippen molar-refractivity contribution in [2.24, 2.45) is 4.99 Å². The number of hydrogen-bond donors (Lipinski definition) is 2. The van der Waals surface area contributed by atoms with Gasteiger partial charge in [0.1, 0.15) is 0 Å². The van der Waals surface area contributed by atoms with Crippen molar-refractivity contribution in [1.82, 2.24) is 20.5 Å². The molecule has 0 radical (unpaired) electrons. The van der Waals surface area contributed by atoms with Crippen LogP contribution in [0.15, 0.2) is 10.4 Å². The zero-order chi connectivity index (χ0) is 20.9. The van der Waals surface area contributed by atoms with E-state index >= 15 is 0 Å². The molecule has 0 amide bonds. The minimum atomic E-state index is -4.39. The zero-order valence-corrected chi connectivity index (χ0v) is 20.6. The Morgan fingerprint density at radius 2 is 1.90 bits per heavy atom. The molecule has 0 spiro atoms. The smallest absolute Gasteiger partial charge is 0.373 e. The molecule has 29 heavy (non-hydrogen) atoms. The number of aromatic nitrogens is 1. The van der Waals surface area contributed by atoms with Gasteiger partial charge in [-0.2, -0.15) is 13.2 Å². The molecule has 0 aliphatic carbocycles. The fraction of sp³-hybridized carbons (Fsp3) is 0.778. The monoisotopic (exact) mass is 549 g/mol. The fourth-order valence-corrected chi connectivity index (χ4v) is 3.95. The highest BCUT2D eigenvalue weighted by Gasteiger charge is 2.34. The number of nitrogens with zero attached hydrogens (tertiary/aromatic N) is 3. The van der Waals surface area contributed by atoms with E-state index in [4.69, 9.17) is 4.74 Å². The van der Waals surface area contributed by atoms with E-state index in [9.17, 15) is 13.2 Å². The average Bonchev–Trinajstić information content (AvgIpc) is 3.06. The second-order valence-corrected chi connectivity index (χ2v) is 8.64. The van der Waals surface area contributed by atoms with E-state index in [-0.39, 0.29) is 41.7 Å². The first-order valence-corrected chi connectivity index (χ1v) is 10.3. The van der Waals surface area contributed by atoms with Gasteiger partial charge in [-0.1, -0.05) is 0 Å². The zero-order valence-electron chi connectivity index (χ0n) is 17.5. The van der Waals surface area contributed by atoms with Crippen LogP contribution in [0.4, 0.5) is 13.2 Å². The van der Waals surface area contributed by atoms with Crippen LogP contribution in [0.2, 0.25) is 0 Å². The lowest BCUT2D eigenvalue weighted by Crippen LogP contribution is -2.59. The van der Waals surface area contributed by atoms with Crippen LogP contribution in [0.1, 0.15) is 38.4 Å². The molecular weight excluding hydrogens is 518 g/mol. The normalized spacial score (nSPS) is 21.6. The third kappa shape index (κ3) is 8.18. The molecular formula is C18H31F3IN5OS. The molecule has 1 saturated heterocycles. The van der Waals surface area contributed by atoms with Gasteiger partial charge in [-0.3, -0.25) is 9.89 Å². The minimum Gasteiger partial charge on any atom is -0.373 e. The number of guanidine groups is 1. The van der Waals surface area contributed by atoms with Crippen molar-refractivity contribution in [2.75, 3.05) is 33.2 Å². The predicted octanol–water partition coefficient (Wildman–Crippen LogP) is 3.38. The lowest BCUT2D eigenvalue weighted by molar-refractivity contribution is -0.140. The Balaban J connectivity index is 0.00000420. The van der Waals surface area contributed by atoms with Crippen molar-refractivity contribution in [2.45, 2.75) is 58.0 Å². The quantitative estimate of drug-likeness (QED) is 0.324. The first-order chi connectivity index (χ1) is 13.0. The number of alkyl halides is 3. The van der Waals surface area contributed by atoms with Crippen molar-refractivity contribution in [3.8, 4) is 0 Å². The van der Waals surface area contributed by atoms with Crippen LogP contribution in [-0.4, -0.2) is 66.8 Å². The van der Waals surface area contributed by atoms with Crippen molar-refractivity contribution >= 4 is 41.3 Å². The second kappa shape index (κ2) is 11.1. The highest BCUT2D eigenvalue weighted by atomic mass is 127. The van der Waals surface area contributed by atoms with Gasteiger partial charge in [-0.25, -0.2) is 4.98 Å². The van der Waals surface area contributed by atoms with E-state index in [1.807, 2.05) is 0 Å². The van der Waals surface area contributed by atoms with Gasteiger partial charge in [-0.15, -0.1) is 35.3 Å². The maximum atomic E-state index is 12.6. The number of ether oxygens (including phenoxy) is 1. The number of thiazole rings is 1. The molecule has 1 aliphatic rings. The molecule has 0 saturated carbocycles. The second-order valence-electron chi connectivity index (χ2n) is 7.70. The molecule has 2 atom stereocenters. The number of hydrogen-bond acceptors (Lipinski definition) is 5. The number of nitrogens with one attached hydrogen (secondary N) is 2. The first kappa shape index (κ1) is 26.4. The molecule has 168 valence electrons. The molecule has 2 unspecified atom stereocenters. The van der Waals surface area contributed by atoms with Gasteiger partial charge in [0.25, 0.3) is 0 Å². The Morgan fingerprint density at radius 1 is 1.28 bits per heavy atom. The van der Waals surface area contributed by atoms with Gasteiger partial charge in [0.05, 0.1) is 17.2 Å². The van der Waals surface area contributed by atoms with E-state index in [0.29, 0.717) is 30.5 Å². The summed E-state index contributed by atoms with van der Waals surface area (Å²) in [5.74, 6) is 0.620. The van der Waals surface area contributed by atoms with E-state index < -0.39 is 11.9 Å². The maximum absolute atomic E-state index is 12.6. The third-order valence-corrected chi connectivity index (χ3v) is 5.57. The summed E-state index contributed by atoms with van der Waals surface area (Å²) in [7, 11) is 1.67. The molecule has 2 rings (SSSR count). The average molecular weight is 549 g/mol. The standard InChI is InChI=1S/C18H30F3N5OS.HI/c1-12-8-26(9-13(2)27-12)17(3,4)11-24-16(22-5)23-7-6-15-25-14(10-28-15)18(19,20)21;/h10,12-13H,6-9,11H2,1-5H3,(H2,22,23,24);1H. The van der Waals surface area contributed by atoms with Crippen LogP contribution < -0.4 is 10.6 Å². The van der Waals surface area contributed by atoms with Crippen molar-refractivity contribution in [1.29, 1.82) is 0 Å². The van der Waals surface area contributed by atoms with E-state index in [0.717, 1.165) is 29.8 Å². The lowest BCUT2D eigenvalue weighted by atomic mass is 10.00. The van der Waals surface area contributed by atoms with E-state index in [2.05, 4.69) is 53.2 Å². The van der Waals surface area contributed by atoms with Crippen LogP contribution in [0.5, 0.6) is 0 Å². The van der Waals surface area contributed by atoms with Crippen molar-refractivity contribution in [3.63, 3.8) is 0 Å². The van der Waals surface area contributed by atoms with Crippen LogP contribution in [0.3, 0.4) is 0 Å². The number of morpholine rings is 1. The molecule has 6 nitrogen and oxygen atoms in total. The maximum Gasteiger partial charge on any atom is 0.434 e. The summed E-state index contributed by atoms with van der Waals surface area (Å²) in [5.41, 5.74) is -0.924. The third-order valence-electron chi connectivity index (χ3n) is 4.66. The van der Waals surface area contributed by atoms with Gasteiger partial charge in [0.2, 0.25) is 0 Å². The molecule has 0 aromatic carbocycles. The summed E-state index contributed by atoms with van der Waals surface area (Å²) in [4.78, 5) is 10.2. The molecule has 1 aromatic heterocycles. The van der Waals surface area contributed by atoms with Gasteiger partial charge >= 0.3 is 6.18 Å². The largest absolute Gasteiger partial charge is 0.434 e. The Bertz CT molecular complexity index is 658. The highest BCUT2D eigenvalue weighted by Crippen LogP contribution is 2.30. The highest BCUT2D eigenvalue weighted by molar-refractivity contribution is 14.0. The summed E-state index contributed by atoms with van der Waals surface area (Å²) in [6, 6.07) is 0. The Kier molecular flexibility index (Phi) is 10.1. The number of halogens is 4. The van der Waals surface area contributed by atoms with Crippen molar-refractivity contribution in [3.05, 3.63) is 16.1 Å². The molecule has 0 bridgehead atoms. The summed E-state index contributed by atoms with van der Waals surface area (Å²) in [5, 5.41) is 7.95. The minimum absolute atomic E-state index is 0. The van der Waals surface area contributed by atoms with E-state index in [1.165, 1.54) is 0 Å². The van der Waals surface area contributed by atoms with Gasteiger partial charge in [0.15, 0.2) is 11.7 Å². The predicted molar refractivity (Wildman–Crippen MR) is 121 cm³/mol. The Labute approximate surface area is 191 Å². The van der Waals surface area contributed by atoms with Gasteiger partial charge < -0.3 is 15.4 Å². The fourth-order valence-electron chi connectivity index (χ4n) is 3.15. The van der Waals surface area contributed by atoms with Crippen LogP contribution >= 0.6 is 35.3 Å². The molecule has 1 fully saturated rings. The molecule has 2 N–H and O–H groups in total. The molecule has 11 heteroatoms. The van der Waals surface area contributed by atoms with E-state index in [1.54, 1.807) is 7.05 Å². The number of rotatable bonds is 6. The Morgan fingerprint density at radius 3 is 2.41 bits per heavy atom. The summed E-state index contributed by atoms with van der Waals surface area (Å²) >= 11 is 1.02. The SMILES string of the molecule is CN=C(NCCc1nc(C(F)(F)F)cs1)NCC(C)(C)N1CC(C)OC(C)C1.I. The summed E-state index contributed by atoms with van der Waals surface area (Å²) in [6.45, 7) is 11.4. The number of aliphatic imine (C=N–C) groups is 1. The molecule has 1 aliphatic heterocycles. The molecule has 2 heterocycles. The van der Waals surface area contributed by atoms with Crippen molar-refractivity contribution < 1.29 is 17.9 Å². The van der Waals surface area contributed by atoms with Gasteiger partial charge in [-0.05, 0) is 27.7 Å². The lowest BCUT2D eigenvalue weighted by Gasteiger charge is -2.45. The van der Waals surface area contributed by atoms with Crippen LogP contribution in [-0.2, 0) is 17.3 Å². The summed E-state index contributed by atoms with van der Waals surface area (Å²) < 4.78 is 43.6. The van der Waals surface area contributed by atoms with Crippen LogP contribution in [0, 0.1) is 0 Å². The first-order valence-electron chi connectivity index (χ1n) is 9.38. The summed E-state index contributed by atoms with van der Waals surface area (Å²) in [6.07, 6.45) is -3.59. The van der Waals surface area contributed by atoms with Crippen LogP contribution in [0.25, 0.3) is 0 Å². The van der Waals surface area contributed by atoms with Gasteiger partial charge in [0, 0.05) is 50.6 Å².